The predicted octanol–water partition coefficient (Wildman–Crippen LogP) is 0.891. The number of likely N-dealkylation sites (tertiary alicyclic amines) is 1. The van der Waals surface area contributed by atoms with Gasteiger partial charge in [-0.3, -0.25) is 19.8 Å². The second-order valence-electron chi connectivity index (χ2n) is 9.20. The van der Waals surface area contributed by atoms with Gasteiger partial charge in [0.15, 0.2) is 5.96 Å². The van der Waals surface area contributed by atoms with E-state index >= 15 is 0 Å². The van der Waals surface area contributed by atoms with Gasteiger partial charge in [-0.25, -0.2) is 4.79 Å². The SMILES string of the molecule is Cl.N=C(N)N1CCC[C@@H](CNC(=O)C[C@H](NC(=O)OCc2ccccc2)C(=O)N(CC(=O)O)C2CC2)C1. The van der Waals surface area contributed by atoms with Gasteiger partial charge in [-0.1, -0.05) is 30.3 Å². The number of halogens is 1. The lowest BCUT2D eigenvalue weighted by molar-refractivity contribution is -0.146. The van der Waals surface area contributed by atoms with E-state index in [2.05, 4.69) is 10.6 Å². The summed E-state index contributed by atoms with van der Waals surface area (Å²) in [5, 5.41) is 22.1. The number of carbonyl (C=O) groups is 4. The zero-order chi connectivity index (χ0) is 26.1. The molecule has 6 N–H and O–H groups in total. The van der Waals surface area contributed by atoms with Crippen molar-refractivity contribution in [2.75, 3.05) is 26.2 Å². The molecule has 0 bridgehead atoms. The number of amides is 3. The molecule has 1 aromatic carbocycles. The van der Waals surface area contributed by atoms with Crippen molar-refractivity contribution in [2.24, 2.45) is 11.7 Å². The van der Waals surface area contributed by atoms with Crippen LogP contribution in [0, 0.1) is 11.3 Å². The molecule has 1 aliphatic heterocycles. The summed E-state index contributed by atoms with van der Waals surface area (Å²) < 4.78 is 5.21. The number of benzene rings is 1. The van der Waals surface area contributed by atoms with E-state index in [1.807, 2.05) is 6.07 Å². The summed E-state index contributed by atoms with van der Waals surface area (Å²) in [6.07, 6.45) is 1.83. The highest BCUT2D eigenvalue weighted by molar-refractivity contribution is 5.92. The fourth-order valence-electron chi connectivity index (χ4n) is 4.19. The Bertz CT molecular complexity index is 960. The van der Waals surface area contributed by atoms with Crippen molar-refractivity contribution in [3.8, 4) is 0 Å². The Labute approximate surface area is 221 Å². The number of aliphatic carboxylic acids is 1. The highest BCUT2D eigenvalue weighted by atomic mass is 35.5. The van der Waals surface area contributed by atoms with Crippen molar-refractivity contribution in [1.82, 2.24) is 20.4 Å². The normalized spacial score (nSPS) is 17.5. The van der Waals surface area contributed by atoms with Crippen molar-refractivity contribution in [3.05, 3.63) is 35.9 Å². The molecule has 204 valence electrons. The van der Waals surface area contributed by atoms with E-state index < -0.39 is 36.5 Å². The first-order valence-electron chi connectivity index (χ1n) is 12.1. The van der Waals surface area contributed by atoms with E-state index in [1.54, 1.807) is 29.2 Å². The van der Waals surface area contributed by atoms with Crippen molar-refractivity contribution in [2.45, 2.75) is 50.8 Å². The molecule has 0 spiro atoms. The number of hydrogen-bond donors (Lipinski definition) is 5. The summed E-state index contributed by atoms with van der Waals surface area (Å²) in [5.41, 5.74) is 6.33. The van der Waals surface area contributed by atoms with E-state index in [4.69, 9.17) is 15.9 Å². The number of carboxylic acids is 1. The van der Waals surface area contributed by atoms with E-state index in [0.717, 1.165) is 18.4 Å². The summed E-state index contributed by atoms with van der Waals surface area (Å²) in [5.74, 6) is -2.17. The van der Waals surface area contributed by atoms with Gasteiger partial charge in [0.25, 0.3) is 0 Å². The Hall–Kier alpha value is -3.54. The Morgan fingerprint density at radius 1 is 1.19 bits per heavy atom. The molecule has 0 aromatic heterocycles. The van der Waals surface area contributed by atoms with Gasteiger partial charge in [0, 0.05) is 25.7 Å². The molecule has 13 heteroatoms. The third-order valence-electron chi connectivity index (χ3n) is 6.22. The van der Waals surface area contributed by atoms with Crippen LogP contribution in [0.4, 0.5) is 4.79 Å². The number of rotatable bonds is 11. The molecule has 0 unspecified atom stereocenters. The molecule has 1 aliphatic carbocycles. The molecule has 0 radical (unpaired) electrons. The topological polar surface area (TPSA) is 178 Å². The lowest BCUT2D eigenvalue weighted by atomic mass is 9.98. The molecule has 2 atom stereocenters. The summed E-state index contributed by atoms with van der Waals surface area (Å²) in [4.78, 5) is 52.6. The van der Waals surface area contributed by atoms with Crippen LogP contribution in [0.3, 0.4) is 0 Å². The van der Waals surface area contributed by atoms with Crippen molar-refractivity contribution < 1.29 is 29.0 Å². The smallest absolute Gasteiger partial charge is 0.408 e. The zero-order valence-corrected chi connectivity index (χ0v) is 21.4. The number of ether oxygens (including phenoxy) is 1. The Balaban J connectivity index is 0.00000481. The molecular formula is C24H35ClN6O6. The summed E-state index contributed by atoms with van der Waals surface area (Å²) in [7, 11) is 0. The molecule has 1 saturated heterocycles. The largest absolute Gasteiger partial charge is 0.480 e. The fraction of sp³-hybridized carbons (Fsp3) is 0.542. The first-order valence-corrected chi connectivity index (χ1v) is 12.1. The van der Waals surface area contributed by atoms with Crippen LogP contribution in [0.15, 0.2) is 30.3 Å². The van der Waals surface area contributed by atoms with Crippen molar-refractivity contribution >= 4 is 42.2 Å². The first kappa shape index (κ1) is 29.7. The van der Waals surface area contributed by atoms with Gasteiger partial charge in [-0.2, -0.15) is 0 Å². The van der Waals surface area contributed by atoms with E-state index in [9.17, 15) is 24.3 Å². The Kier molecular flexibility index (Phi) is 11.4. The van der Waals surface area contributed by atoms with E-state index in [1.165, 1.54) is 4.90 Å². The van der Waals surface area contributed by atoms with Crippen molar-refractivity contribution in [3.63, 3.8) is 0 Å². The Morgan fingerprint density at radius 2 is 1.89 bits per heavy atom. The lowest BCUT2D eigenvalue weighted by Gasteiger charge is -2.33. The van der Waals surface area contributed by atoms with Gasteiger partial charge in [0.1, 0.15) is 19.2 Å². The van der Waals surface area contributed by atoms with Crippen LogP contribution in [-0.4, -0.2) is 83.0 Å². The van der Waals surface area contributed by atoms with Gasteiger partial charge in [0.2, 0.25) is 11.8 Å². The average Bonchev–Trinajstić information content (AvgIpc) is 3.70. The molecule has 2 fully saturated rings. The van der Waals surface area contributed by atoms with Gasteiger partial charge in [-0.05, 0) is 37.2 Å². The minimum atomic E-state index is -1.27. The number of carbonyl (C=O) groups excluding carboxylic acids is 3. The van der Waals surface area contributed by atoms with Crippen LogP contribution in [0.1, 0.15) is 37.7 Å². The maximum atomic E-state index is 13.2. The van der Waals surface area contributed by atoms with Gasteiger partial charge in [-0.15, -0.1) is 12.4 Å². The third-order valence-corrected chi connectivity index (χ3v) is 6.22. The molecule has 1 heterocycles. The highest BCUT2D eigenvalue weighted by Crippen LogP contribution is 2.27. The maximum absolute atomic E-state index is 13.2. The van der Waals surface area contributed by atoms with Crippen LogP contribution in [-0.2, 0) is 25.7 Å². The summed E-state index contributed by atoms with van der Waals surface area (Å²) >= 11 is 0. The van der Waals surface area contributed by atoms with Gasteiger partial charge >= 0.3 is 12.1 Å². The molecular weight excluding hydrogens is 504 g/mol. The second kappa shape index (κ2) is 14.3. The molecule has 1 aromatic rings. The molecule has 12 nitrogen and oxygen atoms in total. The number of hydrogen-bond acceptors (Lipinski definition) is 6. The third kappa shape index (κ3) is 9.79. The van der Waals surface area contributed by atoms with Crippen LogP contribution in [0.25, 0.3) is 0 Å². The summed E-state index contributed by atoms with van der Waals surface area (Å²) in [6.45, 7) is 1.06. The highest BCUT2D eigenvalue weighted by Gasteiger charge is 2.38. The number of nitrogens with zero attached hydrogens (tertiary/aromatic N) is 2. The number of alkyl carbamates (subject to hydrolysis) is 1. The predicted molar refractivity (Wildman–Crippen MR) is 137 cm³/mol. The molecule has 2 aliphatic rings. The second-order valence-corrected chi connectivity index (χ2v) is 9.20. The molecule has 3 amide bonds. The number of nitrogens with two attached hydrogens (primary N) is 1. The fourth-order valence-corrected chi connectivity index (χ4v) is 4.19. The number of piperidine rings is 1. The van der Waals surface area contributed by atoms with Crippen LogP contribution >= 0.6 is 12.4 Å². The van der Waals surface area contributed by atoms with Crippen molar-refractivity contribution in [1.29, 1.82) is 5.41 Å². The monoisotopic (exact) mass is 538 g/mol. The van der Waals surface area contributed by atoms with E-state index in [-0.39, 0.29) is 43.4 Å². The van der Waals surface area contributed by atoms with Gasteiger partial charge < -0.3 is 36.0 Å². The molecule has 3 rings (SSSR count). The minimum Gasteiger partial charge on any atom is -0.480 e. The lowest BCUT2D eigenvalue weighted by Crippen LogP contribution is -2.52. The number of nitrogens with one attached hydrogen (secondary N) is 3. The maximum Gasteiger partial charge on any atom is 0.408 e. The molecule has 37 heavy (non-hydrogen) atoms. The minimum absolute atomic E-state index is 0. The average molecular weight is 539 g/mol. The quantitative estimate of drug-likeness (QED) is 0.203. The first-order chi connectivity index (χ1) is 17.2. The Morgan fingerprint density at radius 3 is 2.51 bits per heavy atom. The van der Waals surface area contributed by atoms with Gasteiger partial charge in [0.05, 0.1) is 6.42 Å². The van der Waals surface area contributed by atoms with E-state index in [0.29, 0.717) is 32.5 Å². The number of carboxylic acid groups (broad SMARTS) is 1. The molecule has 1 saturated carbocycles. The summed E-state index contributed by atoms with van der Waals surface area (Å²) in [6, 6.07) is 7.50. The van der Waals surface area contributed by atoms with Crippen LogP contribution < -0.4 is 16.4 Å². The van der Waals surface area contributed by atoms with Crippen LogP contribution in [0.2, 0.25) is 0 Å². The number of guanidine groups is 1. The standard InChI is InChI=1S/C24H34N6O6.ClH/c25-23(26)29-10-4-7-17(13-29)12-27-20(31)11-19(22(34)30(14-21(32)33)18-8-9-18)28-24(35)36-15-16-5-2-1-3-6-16;/h1-3,5-6,17-19H,4,7-15H2,(H3,25,26)(H,27,31)(H,28,35)(H,32,33);1H/t17-,19-;/m0./s1. The van der Waals surface area contributed by atoms with Crippen LogP contribution in [0.5, 0.6) is 0 Å². The zero-order valence-electron chi connectivity index (χ0n) is 20.6.